The van der Waals surface area contributed by atoms with Gasteiger partial charge < -0.3 is 9.88 Å². The molecule has 0 radical (unpaired) electrons. The number of likely N-dealkylation sites (N-methyl/N-ethyl adjacent to an activating group) is 1. The highest BCUT2D eigenvalue weighted by Gasteiger charge is 2.33. The van der Waals surface area contributed by atoms with E-state index >= 15 is 0 Å². The normalized spacial score (nSPS) is 16.6. The lowest BCUT2D eigenvalue weighted by Gasteiger charge is -2.21. The zero-order chi connectivity index (χ0) is 17.8. The first kappa shape index (κ1) is 16.1. The van der Waals surface area contributed by atoms with Crippen LogP contribution in [0.2, 0.25) is 0 Å². The Balaban J connectivity index is 1.94. The summed E-state index contributed by atoms with van der Waals surface area (Å²) in [6, 6.07) is 6.37. The van der Waals surface area contributed by atoms with Crippen molar-refractivity contribution in [3.05, 3.63) is 47.3 Å². The number of aromatic amines is 1. The van der Waals surface area contributed by atoms with Gasteiger partial charge in [0.05, 0.1) is 16.6 Å². The first-order valence-corrected chi connectivity index (χ1v) is 8.21. The third kappa shape index (κ3) is 2.80. The van der Waals surface area contributed by atoms with Crippen LogP contribution < -0.4 is 0 Å². The van der Waals surface area contributed by atoms with Crippen molar-refractivity contribution in [2.75, 3.05) is 20.1 Å². The van der Waals surface area contributed by atoms with Crippen molar-refractivity contribution in [2.45, 2.75) is 19.5 Å². The standard InChI is InChI=1S/C19H18F3N3/c1-11-9-15(19(20,21)22)14-4-3-13-10-16(24-17(13)18(14)23-11)12-5-7-25(2)8-6-12/h3-5,9-10,24H,6-8H2,1-2H3. The number of hydrogen-bond donors (Lipinski definition) is 1. The Morgan fingerprint density at radius 1 is 1.20 bits per heavy atom. The zero-order valence-corrected chi connectivity index (χ0v) is 14.0. The average molecular weight is 345 g/mol. The van der Waals surface area contributed by atoms with Gasteiger partial charge in [0, 0.05) is 35.2 Å². The van der Waals surface area contributed by atoms with Gasteiger partial charge in [0.15, 0.2) is 0 Å². The number of nitrogens with zero attached hydrogens (tertiary/aromatic N) is 2. The molecule has 4 rings (SSSR count). The van der Waals surface area contributed by atoms with Crippen molar-refractivity contribution in [1.82, 2.24) is 14.9 Å². The topological polar surface area (TPSA) is 31.9 Å². The Hall–Kier alpha value is -2.34. The lowest BCUT2D eigenvalue weighted by atomic mass is 10.0. The molecule has 3 heterocycles. The Kier molecular flexibility index (Phi) is 3.61. The predicted molar refractivity (Wildman–Crippen MR) is 93.4 cm³/mol. The van der Waals surface area contributed by atoms with E-state index in [2.05, 4.69) is 28.0 Å². The van der Waals surface area contributed by atoms with Crippen LogP contribution in [-0.2, 0) is 6.18 Å². The highest BCUT2D eigenvalue weighted by molar-refractivity contribution is 6.05. The summed E-state index contributed by atoms with van der Waals surface area (Å²) in [4.78, 5) is 9.93. The van der Waals surface area contributed by atoms with E-state index in [4.69, 9.17) is 0 Å². The molecular weight excluding hydrogens is 327 g/mol. The fourth-order valence-electron chi connectivity index (χ4n) is 3.44. The van der Waals surface area contributed by atoms with Crippen molar-refractivity contribution < 1.29 is 13.2 Å². The molecule has 0 saturated heterocycles. The molecule has 1 N–H and O–H groups in total. The number of alkyl halides is 3. The van der Waals surface area contributed by atoms with Crippen LogP contribution in [0.15, 0.2) is 30.3 Å². The maximum Gasteiger partial charge on any atom is 0.417 e. The Morgan fingerprint density at radius 2 is 2.00 bits per heavy atom. The Labute approximate surface area is 143 Å². The summed E-state index contributed by atoms with van der Waals surface area (Å²) < 4.78 is 40.1. The van der Waals surface area contributed by atoms with E-state index in [1.54, 1.807) is 13.0 Å². The summed E-state index contributed by atoms with van der Waals surface area (Å²) in [5.74, 6) is 0. The number of benzene rings is 1. The molecule has 1 aliphatic heterocycles. The van der Waals surface area contributed by atoms with E-state index in [-0.39, 0.29) is 5.39 Å². The minimum Gasteiger partial charge on any atom is -0.353 e. The van der Waals surface area contributed by atoms with Gasteiger partial charge in [0.25, 0.3) is 0 Å². The van der Waals surface area contributed by atoms with Crippen LogP contribution in [0, 0.1) is 6.92 Å². The average Bonchev–Trinajstić information content (AvgIpc) is 2.98. The molecule has 1 aliphatic rings. The number of hydrogen-bond acceptors (Lipinski definition) is 2. The van der Waals surface area contributed by atoms with Crippen molar-refractivity contribution in [1.29, 1.82) is 0 Å². The van der Waals surface area contributed by atoms with Crippen LogP contribution >= 0.6 is 0 Å². The van der Waals surface area contributed by atoms with E-state index < -0.39 is 11.7 Å². The van der Waals surface area contributed by atoms with Gasteiger partial charge in [-0.15, -0.1) is 0 Å². The predicted octanol–water partition coefficient (Wildman–Crippen LogP) is 4.76. The summed E-state index contributed by atoms with van der Waals surface area (Å²) in [6.45, 7) is 3.44. The van der Waals surface area contributed by atoms with E-state index in [1.165, 1.54) is 11.6 Å². The van der Waals surface area contributed by atoms with E-state index in [1.807, 2.05) is 6.07 Å². The minimum atomic E-state index is -4.40. The SMILES string of the molecule is Cc1cc(C(F)(F)F)c2ccc3cc(C4=CCN(C)CC4)[nH]c3c2n1. The molecule has 2 aromatic heterocycles. The Morgan fingerprint density at radius 3 is 2.68 bits per heavy atom. The summed E-state index contributed by atoms with van der Waals surface area (Å²) in [7, 11) is 2.07. The number of pyridine rings is 1. The molecule has 3 aromatic rings. The smallest absolute Gasteiger partial charge is 0.353 e. The molecule has 0 amide bonds. The van der Waals surface area contributed by atoms with Crippen molar-refractivity contribution in [2.24, 2.45) is 0 Å². The third-order valence-corrected chi connectivity index (χ3v) is 4.76. The van der Waals surface area contributed by atoms with Crippen LogP contribution in [-0.4, -0.2) is 35.0 Å². The molecule has 6 heteroatoms. The molecule has 1 aromatic carbocycles. The van der Waals surface area contributed by atoms with Gasteiger partial charge in [-0.1, -0.05) is 18.2 Å². The maximum absolute atomic E-state index is 13.4. The van der Waals surface area contributed by atoms with Crippen molar-refractivity contribution in [3.63, 3.8) is 0 Å². The lowest BCUT2D eigenvalue weighted by molar-refractivity contribution is -0.136. The molecule has 25 heavy (non-hydrogen) atoms. The molecular formula is C19H18F3N3. The van der Waals surface area contributed by atoms with E-state index in [0.717, 1.165) is 36.7 Å². The second kappa shape index (κ2) is 5.59. The molecule has 0 saturated carbocycles. The van der Waals surface area contributed by atoms with Crippen molar-refractivity contribution >= 4 is 27.4 Å². The third-order valence-electron chi connectivity index (χ3n) is 4.76. The first-order chi connectivity index (χ1) is 11.8. The fraction of sp³-hybridized carbons (Fsp3) is 0.316. The van der Waals surface area contributed by atoms with Gasteiger partial charge in [-0.05, 0) is 38.1 Å². The second-order valence-corrected chi connectivity index (χ2v) is 6.66. The van der Waals surface area contributed by atoms with E-state index in [0.29, 0.717) is 16.7 Å². The number of aryl methyl sites for hydroxylation is 1. The second-order valence-electron chi connectivity index (χ2n) is 6.66. The van der Waals surface area contributed by atoms with Gasteiger partial charge in [0.2, 0.25) is 0 Å². The molecule has 0 spiro atoms. The minimum absolute atomic E-state index is 0.136. The number of halogens is 3. The highest BCUT2D eigenvalue weighted by atomic mass is 19.4. The van der Waals surface area contributed by atoms with Gasteiger partial charge in [-0.25, -0.2) is 0 Å². The van der Waals surface area contributed by atoms with Gasteiger partial charge in [0.1, 0.15) is 0 Å². The molecule has 0 fully saturated rings. The lowest BCUT2D eigenvalue weighted by Crippen LogP contribution is -2.23. The largest absolute Gasteiger partial charge is 0.417 e. The Bertz CT molecular complexity index is 998. The summed E-state index contributed by atoms with van der Waals surface area (Å²) in [5.41, 5.74) is 2.94. The molecule has 0 atom stereocenters. The van der Waals surface area contributed by atoms with Crippen molar-refractivity contribution in [3.8, 4) is 0 Å². The molecule has 0 bridgehead atoms. The summed E-state index contributed by atoms with van der Waals surface area (Å²) >= 11 is 0. The van der Waals surface area contributed by atoms with Crippen LogP contribution in [0.1, 0.15) is 23.4 Å². The van der Waals surface area contributed by atoms with Crippen LogP contribution in [0.3, 0.4) is 0 Å². The zero-order valence-electron chi connectivity index (χ0n) is 14.0. The summed E-state index contributed by atoms with van der Waals surface area (Å²) in [5, 5.41) is 1.02. The quantitative estimate of drug-likeness (QED) is 0.689. The van der Waals surface area contributed by atoms with Crippen LogP contribution in [0.25, 0.3) is 27.4 Å². The van der Waals surface area contributed by atoms with Gasteiger partial charge in [-0.2, -0.15) is 13.2 Å². The molecule has 0 aliphatic carbocycles. The number of aromatic nitrogens is 2. The van der Waals surface area contributed by atoms with E-state index in [9.17, 15) is 13.2 Å². The first-order valence-electron chi connectivity index (χ1n) is 8.21. The fourth-order valence-corrected chi connectivity index (χ4v) is 3.44. The number of fused-ring (bicyclic) bond motifs is 3. The molecule has 0 unspecified atom stereocenters. The van der Waals surface area contributed by atoms with Crippen LogP contribution in [0.5, 0.6) is 0 Å². The van der Waals surface area contributed by atoms with Gasteiger partial charge >= 0.3 is 6.18 Å². The summed E-state index contributed by atoms with van der Waals surface area (Å²) in [6.07, 6.45) is -1.32. The molecule has 130 valence electrons. The molecule has 3 nitrogen and oxygen atoms in total. The maximum atomic E-state index is 13.4. The van der Waals surface area contributed by atoms with Gasteiger partial charge in [-0.3, -0.25) is 4.98 Å². The number of rotatable bonds is 1. The highest BCUT2D eigenvalue weighted by Crippen LogP contribution is 2.37. The van der Waals surface area contributed by atoms with Crippen LogP contribution in [0.4, 0.5) is 13.2 Å². The number of nitrogens with one attached hydrogen (secondary N) is 1. The monoisotopic (exact) mass is 345 g/mol. The number of H-pyrrole nitrogens is 1.